The van der Waals surface area contributed by atoms with Crippen LogP contribution in [0, 0.1) is 0 Å². The zero-order valence-corrected chi connectivity index (χ0v) is 13.5. The number of alkyl halides is 6. The Labute approximate surface area is 143 Å². The van der Waals surface area contributed by atoms with Crippen LogP contribution in [0.4, 0.5) is 32.0 Å². The van der Waals surface area contributed by atoms with E-state index in [2.05, 4.69) is 0 Å². The molecule has 11 heteroatoms. The fourth-order valence-corrected chi connectivity index (χ4v) is 3.07. The number of anilines is 1. The first-order chi connectivity index (χ1) is 11.3. The number of halogens is 7. The molecular formula is C14H8ClF6NO2S. The summed E-state index contributed by atoms with van der Waals surface area (Å²) in [6.07, 6.45) is -10.3. The molecule has 0 saturated heterocycles. The number of benzene rings is 2. The fourth-order valence-electron chi connectivity index (χ4n) is 1.81. The van der Waals surface area contributed by atoms with E-state index in [-0.39, 0.29) is 28.9 Å². The molecule has 0 unspecified atom stereocenters. The van der Waals surface area contributed by atoms with Crippen LogP contribution in [0.1, 0.15) is 11.1 Å². The molecule has 25 heavy (non-hydrogen) atoms. The highest BCUT2D eigenvalue weighted by atomic mass is 35.5. The lowest BCUT2D eigenvalue weighted by atomic mass is 10.1. The van der Waals surface area contributed by atoms with Crippen LogP contribution >= 0.6 is 11.6 Å². The van der Waals surface area contributed by atoms with Crippen LogP contribution in [0.5, 0.6) is 0 Å². The minimum atomic E-state index is -5.15. The molecule has 2 rings (SSSR count). The number of hydrogen-bond acceptors (Lipinski definition) is 2. The molecule has 2 aromatic carbocycles. The summed E-state index contributed by atoms with van der Waals surface area (Å²) < 4.78 is 103. The van der Waals surface area contributed by atoms with Gasteiger partial charge < -0.3 is 0 Å². The van der Waals surface area contributed by atoms with E-state index in [1.165, 1.54) is 24.3 Å². The summed E-state index contributed by atoms with van der Waals surface area (Å²) in [7, 11) is -4.68. The monoisotopic (exact) mass is 403 g/mol. The minimum Gasteiger partial charge on any atom is -0.280 e. The second-order valence-electron chi connectivity index (χ2n) is 4.85. The van der Waals surface area contributed by atoms with Gasteiger partial charge in [0.25, 0.3) is 10.0 Å². The largest absolute Gasteiger partial charge is 0.416 e. The van der Waals surface area contributed by atoms with E-state index in [1.54, 1.807) is 0 Å². The maximum atomic E-state index is 12.8. The molecule has 0 bridgehead atoms. The first-order valence-electron chi connectivity index (χ1n) is 6.37. The van der Waals surface area contributed by atoms with Crippen LogP contribution < -0.4 is 4.72 Å². The molecule has 0 aromatic heterocycles. The van der Waals surface area contributed by atoms with Crippen molar-refractivity contribution >= 4 is 27.3 Å². The molecule has 0 heterocycles. The Morgan fingerprint density at radius 2 is 1.24 bits per heavy atom. The van der Waals surface area contributed by atoms with E-state index in [4.69, 9.17) is 11.6 Å². The number of hydrogen-bond donors (Lipinski definition) is 1. The Balaban J connectivity index is 2.54. The van der Waals surface area contributed by atoms with E-state index in [0.717, 1.165) is 0 Å². The van der Waals surface area contributed by atoms with Crippen LogP contribution in [0.3, 0.4) is 0 Å². The van der Waals surface area contributed by atoms with Gasteiger partial charge in [-0.05, 0) is 42.5 Å². The maximum absolute atomic E-state index is 12.8. The van der Waals surface area contributed by atoms with Gasteiger partial charge in [-0.3, -0.25) is 4.72 Å². The van der Waals surface area contributed by atoms with Crippen LogP contribution in [0.15, 0.2) is 47.4 Å². The second kappa shape index (κ2) is 6.41. The molecule has 0 radical (unpaired) electrons. The SMILES string of the molecule is O=S(=O)(Nc1ccc(Cl)cc1)c1cc(C(F)(F)F)cc(C(F)(F)F)c1. The van der Waals surface area contributed by atoms with Crippen molar-refractivity contribution in [1.82, 2.24) is 0 Å². The lowest BCUT2D eigenvalue weighted by Gasteiger charge is -2.15. The van der Waals surface area contributed by atoms with E-state index in [1.807, 2.05) is 4.72 Å². The van der Waals surface area contributed by atoms with Crippen LogP contribution in [0.25, 0.3) is 0 Å². The summed E-state index contributed by atoms with van der Waals surface area (Å²) in [4.78, 5) is -1.16. The number of sulfonamides is 1. The lowest BCUT2D eigenvalue weighted by Crippen LogP contribution is -2.17. The third kappa shape index (κ3) is 4.79. The summed E-state index contributed by atoms with van der Waals surface area (Å²) in [5.74, 6) is 0. The Hall–Kier alpha value is -1.94. The molecule has 0 aliphatic carbocycles. The third-order valence-electron chi connectivity index (χ3n) is 2.97. The van der Waals surface area contributed by atoms with Crippen molar-refractivity contribution < 1.29 is 34.8 Å². The molecule has 0 spiro atoms. The molecule has 0 amide bonds. The van der Waals surface area contributed by atoms with Crippen molar-refractivity contribution in [1.29, 1.82) is 0 Å². The average Bonchev–Trinajstić information content (AvgIpc) is 2.47. The van der Waals surface area contributed by atoms with Gasteiger partial charge in [0.1, 0.15) is 0 Å². The van der Waals surface area contributed by atoms with Crippen molar-refractivity contribution in [2.24, 2.45) is 0 Å². The number of rotatable bonds is 3. The summed E-state index contributed by atoms with van der Waals surface area (Å²) >= 11 is 5.61. The zero-order valence-electron chi connectivity index (χ0n) is 11.9. The van der Waals surface area contributed by atoms with Gasteiger partial charge in [0.2, 0.25) is 0 Å². The first-order valence-corrected chi connectivity index (χ1v) is 8.23. The molecule has 0 saturated carbocycles. The second-order valence-corrected chi connectivity index (χ2v) is 6.97. The molecule has 1 N–H and O–H groups in total. The molecule has 0 aliphatic heterocycles. The van der Waals surface area contributed by atoms with E-state index >= 15 is 0 Å². The zero-order chi connectivity index (χ0) is 19.0. The van der Waals surface area contributed by atoms with Gasteiger partial charge in [-0.15, -0.1) is 0 Å². The fraction of sp³-hybridized carbons (Fsp3) is 0.143. The minimum absolute atomic E-state index is 0.0737. The summed E-state index contributed by atoms with van der Waals surface area (Å²) in [5.41, 5.74) is -3.52. The summed E-state index contributed by atoms with van der Waals surface area (Å²) in [6.45, 7) is 0. The van der Waals surface area contributed by atoms with Gasteiger partial charge in [0, 0.05) is 10.7 Å². The summed E-state index contributed by atoms with van der Waals surface area (Å²) in [6, 6.07) is 5.12. The standard InChI is InChI=1S/C14H8ClF6NO2S/c15-10-1-3-11(4-2-10)22-25(23,24)12-6-8(13(16,17)18)5-9(7-12)14(19,20)21/h1-7,22H. The van der Waals surface area contributed by atoms with E-state index < -0.39 is 38.4 Å². The van der Waals surface area contributed by atoms with Gasteiger partial charge in [-0.2, -0.15) is 26.3 Å². The Kier molecular flexibility index (Phi) is 4.97. The topological polar surface area (TPSA) is 46.2 Å². The molecule has 136 valence electrons. The van der Waals surface area contributed by atoms with Crippen molar-refractivity contribution in [3.05, 3.63) is 58.6 Å². The van der Waals surface area contributed by atoms with E-state index in [0.29, 0.717) is 0 Å². The van der Waals surface area contributed by atoms with Gasteiger partial charge in [-0.25, -0.2) is 8.42 Å². The molecule has 0 atom stereocenters. The smallest absolute Gasteiger partial charge is 0.280 e. The van der Waals surface area contributed by atoms with Crippen LogP contribution in [-0.2, 0) is 22.4 Å². The predicted molar refractivity (Wildman–Crippen MR) is 78.7 cm³/mol. The van der Waals surface area contributed by atoms with Gasteiger partial charge in [0.05, 0.1) is 16.0 Å². The maximum Gasteiger partial charge on any atom is 0.416 e. The van der Waals surface area contributed by atoms with Crippen molar-refractivity contribution in [3.63, 3.8) is 0 Å². The molecule has 0 aliphatic rings. The molecule has 3 nitrogen and oxygen atoms in total. The highest BCUT2D eigenvalue weighted by molar-refractivity contribution is 7.92. The van der Waals surface area contributed by atoms with Gasteiger partial charge in [0.15, 0.2) is 0 Å². The highest BCUT2D eigenvalue weighted by Crippen LogP contribution is 2.37. The summed E-state index contributed by atoms with van der Waals surface area (Å²) in [5, 5.41) is 0.265. The Morgan fingerprint density at radius 1 is 0.800 bits per heavy atom. The molecular weight excluding hydrogens is 396 g/mol. The first kappa shape index (κ1) is 19.4. The Bertz CT molecular complexity index is 843. The predicted octanol–water partition coefficient (Wildman–Crippen LogP) is 5.18. The van der Waals surface area contributed by atoms with Crippen LogP contribution in [-0.4, -0.2) is 8.42 Å². The molecule has 0 fully saturated rings. The van der Waals surface area contributed by atoms with Gasteiger partial charge in [-0.1, -0.05) is 11.6 Å². The number of nitrogens with one attached hydrogen (secondary N) is 1. The normalized spacial score (nSPS) is 12.9. The Morgan fingerprint density at radius 3 is 1.64 bits per heavy atom. The molecule has 2 aromatic rings. The quantitative estimate of drug-likeness (QED) is 0.718. The van der Waals surface area contributed by atoms with Crippen LogP contribution in [0.2, 0.25) is 5.02 Å². The third-order valence-corrected chi connectivity index (χ3v) is 4.58. The van der Waals surface area contributed by atoms with E-state index in [9.17, 15) is 34.8 Å². The van der Waals surface area contributed by atoms with Crippen molar-refractivity contribution in [2.75, 3.05) is 4.72 Å². The average molecular weight is 404 g/mol. The lowest BCUT2D eigenvalue weighted by molar-refractivity contribution is -0.143. The van der Waals surface area contributed by atoms with Crippen molar-refractivity contribution in [2.45, 2.75) is 17.2 Å². The van der Waals surface area contributed by atoms with Gasteiger partial charge >= 0.3 is 12.4 Å². The van der Waals surface area contributed by atoms with Crippen molar-refractivity contribution in [3.8, 4) is 0 Å². The highest BCUT2D eigenvalue weighted by Gasteiger charge is 2.38.